The number of anilines is 1. The molecular weight excluding hydrogens is 260 g/mol. The van der Waals surface area contributed by atoms with Crippen LogP contribution in [0.5, 0.6) is 0 Å². The van der Waals surface area contributed by atoms with Gasteiger partial charge in [-0.15, -0.1) is 0 Å². The van der Waals surface area contributed by atoms with Gasteiger partial charge in [0.2, 0.25) is 0 Å². The zero-order valence-electron chi connectivity index (χ0n) is 11.5. The zero-order valence-corrected chi connectivity index (χ0v) is 12.3. The number of rotatable bonds is 2. The van der Waals surface area contributed by atoms with Gasteiger partial charge in [0.15, 0.2) is 10.9 Å². The molecule has 104 valence electrons. The zero-order chi connectivity index (χ0) is 13.4. The summed E-state index contributed by atoms with van der Waals surface area (Å²) in [5.74, 6) is 0.277. The van der Waals surface area contributed by atoms with Crippen molar-refractivity contribution < 1.29 is 9.53 Å². The molecule has 0 aromatic carbocycles. The highest BCUT2D eigenvalue weighted by Gasteiger charge is 2.30. The average Bonchev–Trinajstić information content (AvgIpc) is 2.84. The molecule has 1 aliphatic carbocycles. The predicted molar refractivity (Wildman–Crippen MR) is 76.2 cm³/mol. The highest BCUT2D eigenvalue weighted by molar-refractivity contribution is 7.17. The second kappa shape index (κ2) is 5.21. The summed E-state index contributed by atoms with van der Waals surface area (Å²) in [6.45, 7) is 5.90. The monoisotopic (exact) mass is 280 g/mol. The van der Waals surface area contributed by atoms with Crippen molar-refractivity contribution in [1.29, 1.82) is 0 Å². The fourth-order valence-corrected chi connectivity index (χ4v) is 3.96. The molecule has 2 atom stereocenters. The third-order valence-corrected chi connectivity index (χ3v) is 5.12. The molecule has 1 aromatic heterocycles. The lowest BCUT2D eigenvalue weighted by molar-refractivity contribution is 0.0299. The maximum atomic E-state index is 11.9. The van der Waals surface area contributed by atoms with Crippen LogP contribution >= 0.6 is 11.3 Å². The largest absolute Gasteiger partial charge is 0.375 e. The summed E-state index contributed by atoms with van der Waals surface area (Å²) in [5.41, 5.74) is 1.02. The van der Waals surface area contributed by atoms with E-state index in [2.05, 4.69) is 18.7 Å². The van der Waals surface area contributed by atoms with E-state index in [4.69, 9.17) is 9.72 Å². The lowest BCUT2D eigenvalue weighted by atomic mass is 10.0. The van der Waals surface area contributed by atoms with E-state index in [9.17, 15) is 4.79 Å². The van der Waals surface area contributed by atoms with Crippen LogP contribution in [0.3, 0.4) is 0 Å². The second-order valence-corrected chi connectivity index (χ2v) is 6.38. The Morgan fingerprint density at radius 1 is 1.47 bits per heavy atom. The molecule has 0 radical (unpaired) electrons. The third kappa shape index (κ3) is 2.41. The van der Waals surface area contributed by atoms with Gasteiger partial charge in [-0.2, -0.15) is 0 Å². The summed E-state index contributed by atoms with van der Waals surface area (Å²) >= 11 is 1.58. The van der Waals surface area contributed by atoms with E-state index in [0.717, 1.165) is 48.1 Å². The number of nitrogens with zero attached hydrogens (tertiary/aromatic N) is 2. The number of fused-ring (bicyclic) bond motifs is 1. The number of ketones is 1. The van der Waals surface area contributed by atoms with Crippen LogP contribution in [0.4, 0.5) is 5.13 Å². The summed E-state index contributed by atoms with van der Waals surface area (Å²) < 4.78 is 5.72. The number of ether oxygens (including phenoxy) is 1. The van der Waals surface area contributed by atoms with Crippen molar-refractivity contribution in [3.8, 4) is 0 Å². The van der Waals surface area contributed by atoms with Crippen LogP contribution in [-0.4, -0.2) is 36.1 Å². The van der Waals surface area contributed by atoms with Crippen LogP contribution in [0.2, 0.25) is 0 Å². The number of aromatic nitrogens is 1. The fourth-order valence-electron chi connectivity index (χ4n) is 2.80. The topological polar surface area (TPSA) is 42.4 Å². The van der Waals surface area contributed by atoms with Crippen molar-refractivity contribution in [3.05, 3.63) is 10.6 Å². The molecule has 19 heavy (non-hydrogen) atoms. The first-order valence-corrected chi connectivity index (χ1v) is 7.91. The number of hydrogen-bond acceptors (Lipinski definition) is 5. The Bertz CT molecular complexity index is 486. The van der Waals surface area contributed by atoms with E-state index in [1.807, 2.05) is 0 Å². The number of thiazole rings is 1. The number of carbonyl (C=O) groups excluding carboxylic acids is 1. The summed E-state index contributed by atoms with van der Waals surface area (Å²) in [7, 11) is 0. The minimum absolute atomic E-state index is 0.236. The number of Topliss-reactive ketones (excluding diaryl/α,β-unsaturated/α-hetero) is 1. The number of aryl methyl sites for hydroxylation is 1. The molecule has 3 rings (SSSR count). The molecule has 0 N–H and O–H groups in total. The molecule has 2 unspecified atom stereocenters. The van der Waals surface area contributed by atoms with Gasteiger partial charge < -0.3 is 9.64 Å². The Hall–Kier alpha value is -0.940. The first-order chi connectivity index (χ1) is 9.19. The maximum absolute atomic E-state index is 11.9. The van der Waals surface area contributed by atoms with Gasteiger partial charge in [0.25, 0.3) is 0 Å². The van der Waals surface area contributed by atoms with Crippen molar-refractivity contribution in [2.45, 2.75) is 51.7 Å². The Labute approximate surface area is 117 Å². The minimum atomic E-state index is 0.236. The Morgan fingerprint density at radius 2 is 2.32 bits per heavy atom. The number of carbonyl (C=O) groups is 1. The SMILES string of the molecule is CCC1COC(C)CN1c1nc2c(s1)C(=O)CCC2. The number of hydrogen-bond donors (Lipinski definition) is 0. The van der Waals surface area contributed by atoms with Gasteiger partial charge in [-0.3, -0.25) is 4.79 Å². The standard InChI is InChI=1S/C14H20N2O2S/c1-3-10-8-18-9(2)7-16(10)14-15-11-5-4-6-12(17)13(11)19-14/h9-10H,3-8H2,1-2H3. The fraction of sp³-hybridized carbons (Fsp3) is 0.714. The quantitative estimate of drug-likeness (QED) is 0.835. The van der Waals surface area contributed by atoms with Crippen molar-refractivity contribution >= 4 is 22.3 Å². The van der Waals surface area contributed by atoms with Gasteiger partial charge in [0.1, 0.15) is 0 Å². The van der Waals surface area contributed by atoms with Gasteiger partial charge in [0, 0.05) is 13.0 Å². The van der Waals surface area contributed by atoms with Crippen molar-refractivity contribution in [2.24, 2.45) is 0 Å². The second-order valence-electron chi connectivity index (χ2n) is 5.41. The summed E-state index contributed by atoms with van der Waals surface area (Å²) in [6, 6.07) is 0.388. The first-order valence-electron chi connectivity index (χ1n) is 7.10. The molecule has 0 saturated carbocycles. The summed E-state index contributed by atoms with van der Waals surface area (Å²) in [6.07, 6.45) is 3.87. The van der Waals surface area contributed by atoms with E-state index in [1.54, 1.807) is 11.3 Å². The molecule has 0 bridgehead atoms. The van der Waals surface area contributed by atoms with Crippen LogP contribution < -0.4 is 4.90 Å². The van der Waals surface area contributed by atoms with Crippen LogP contribution in [0.25, 0.3) is 0 Å². The molecular formula is C14H20N2O2S. The van der Waals surface area contributed by atoms with Crippen LogP contribution in [-0.2, 0) is 11.2 Å². The lowest BCUT2D eigenvalue weighted by Crippen LogP contribution is -2.48. The van der Waals surface area contributed by atoms with Crippen LogP contribution in [0, 0.1) is 0 Å². The smallest absolute Gasteiger partial charge is 0.186 e. The van der Waals surface area contributed by atoms with Crippen molar-refractivity contribution in [1.82, 2.24) is 4.98 Å². The van der Waals surface area contributed by atoms with E-state index >= 15 is 0 Å². The van der Waals surface area contributed by atoms with E-state index in [1.165, 1.54) is 0 Å². The lowest BCUT2D eigenvalue weighted by Gasteiger charge is -2.38. The van der Waals surface area contributed by atoms with Crippen LogP contribution in [0.1, 0.15) is 48.5 Å². The Balaban J connectivity index is 1.90. The van der Waals surface area contributed by atoms with Gasteiger partial charge >= 0.3 is 0 Å². The van der Waals surface area contributed by atoms with Crippen LogP contribution in [0.15, 0.2) is 0 Å². The Kier molecular flexibility index (Phi) is 3.58. The molecule has 5 heteroatoms. The summed E-state index contributed by atoms with van der Waals surface area (Å²) in [5, 5.41) is 1.02. The molecule has 2 heterocycles. The van der Waals surface area contributed by atoms with Gasteiger partial charge in [-0.1, -0.05) is 18.3 Å². The number of morpholine rings is 1. The van der Waals surface area contributed by atoms with Gasteiger partial charge in [-0.25, -0.2) is 4.98 Å². The summed E-state index contributed by atoms with van der Waals surface area (Å²) in [4.78, 5) is 19.9. The van der Waals surface area contributed by atoms with Gasteiger partial charge in [-0.05, 0) is 26.2 Å². The van der Waals surface area contributed by atoms with Crippen molar-refractivity contribution in [2.75, 3.05) is 18.1 Å². The molecule has 1 aromatic rings. The first kappa shape index (κ1) is 13.1. The normalized spacial score (nSPS) is 27.5. The predicted octanol–water partition coefficient (Wildman–Crippen LogP) is 2.67. The van der Waals surface area contributed by atoms with Crippen molar-refractivity contribution in [3.63, 3.8) is 0 Å². The highest BCUT2D eigenvalue weighted by Crippen LogP contribution is 2.34. The molecule has 1 fully saturated rings. The minimum Gasteiger partial charge on any atom is -0.375 e. The maximum Gasteiger partial charge on any atom is 0.186 e. The molecule has 1 saturated heterocycles. The highest BCUT2D eigenvalue weighted by atomic mass is 32.1. The molecule has 2 aliphatic rings. The Morgan fingerprint density at radius 3 is 3.05 bits per heavy atom. The third-order valence-electron chi connectivity index (χ3n) is 3.94. The molecule has 4 nitrogen and oxygen atoms in total. The van der Waals surface area contributed by atoms with E-state index in [-0.39, 0.29) is 11.9 Å². The average molecular weight is 280 g/mol. The van der Waals surface area contributed by atoms with E-state index in [0.29, 0.717) is 12.5 Å². The van der Waals surface area contributed by atoms with Gasteiger partial charge in [0.05, 0.1) is 29.3 Å². The molecule has 0 spiro atoms. The molecule has 0 amide bonds. The molecule has 1 aliphatic heterocycles. The van der Waals surface area contributed by atoms with E-state index < -0.39 is 0 Å².